The molecule has 0 fully saturated rings. The Hall–Kier alpha value is -3.71. The number of nitrogens with zero attached hydrogens (tertiary/aromatic N) is 2. The molecule has 4 aromatic rings. The molecule has 3 aromatic carbocycles. The number of hydrogen-bond donors (Lipinski definition) is 1. The Bertz CT molecular complexity index is 1210. The van der Waals surface area contributed by atoms with Crippen LogP contribution in [0.2, 0.25) is 0 Å². The zero-order valence-electron chi connectivity index (χ0n) is 14.6. The van der Waals surface area contributed by atoms with Gasteiger partial charge in [-0.2, -0.15) is 5.26 Å². The summed E-state index contributed by atoms with van der Waals surface area (Å²) in [5.41, 5.74) is 4.30. The molecule has 0 unspecified atom stereocenters. The van der Waals surface area contributed by atoms with Crippen LogP contribution in [0.25, 0.3) is 33.2 Å². The van der Waals surface area contributed by atoms with Crippen molar-refractivity contribution in [3.63, 3.8) is 0 Å². The number of nitriles is 1. The molecular formula is C23H15FN2O. The predicted octanol–water partition coefficient (Wildman–Crippen LogP) is 5.59. The van der Waals surface area contributed by atoms with Crippen molar-refractivity contribution in [3.05, 3.63) is 83.8 Å². The van der Waals surface area contributed by atoms with E-state index in [2.05, 4.69) is 4.98 Å². The minimum Gasteiger partial charge on any atom is -0.507 e. The molecule has 0 aliphatic rings. The Kier molecular flexibility index (Phi) is 4.06. The zero-order chi connectivity index (χ0) is 19.0. The Morgan fingerprint density at radius 3 is 2.44 bits per heavy atom. The molecule has 0 bridgehead atoms. The molecule has 1 aromatic heterocycles. The first-order valence-corrected chi connectivity index (χ1v) is 8.46. The third kappa shape index (κ3) is 2.90. The van der Waals surface area contributed by atoms with Gasteiger partial charge in [0.1, 0.15) is 11.6 Å². The fourth-order valence-electron chi connectivity index (χ4n) is 3.17. The Balaban J connectivity index is 1.92. The number of rotatable bonds is 2. The molecule has 0 amide bonds. The van der Waals surface area contributed by atoms with Gasteiger partial charge >= 0.3 is 0 Å². The summed E-state index contributed by atoms with van der Waals surface area (Å²) in [5, 5.41) is 20.3. The summed E-state index contributed by atoms with van der Waals surface area (Å²) in [6.07, 6.45) is 1.60. The van der Waals surface area contributed by atoms with Crippen molar-refractivity contribution >= 4 is 10.9 Å². The normalized spacial score (nSPS) is 10.7. The monoisotopic (exact) mass is 354 g/mol. The number of aryl methyl sites for hydroxylation is 1. The molecule has 4 heteroatoms. The van der Waals surface area contributed by atoms with Gasteiger partial charge in [0.2, 0.25) is 0 Å². The summed E-state index contributed by atoms with van der Waals surface area (Å²) in [4.78, 5) is 4.51. The van der Waals surface area contributed by atoms with Crippen molar-refractivity contribution in [3.8, 4) is 34.1 Å². The second kappa shape index (κ2) is 6.54. The third-order valence-electron chi connectivity index (χ3n) is 4.62. The van der Waals surface area contributed by atoms with Crippen molar-refractivity contribution in [2.45, 2.75) is 6.92 Å². The topological polar surface area (TPSA) is 56.9 Å². The SMILES string of the molecule is Cc1ccc(-c2cnc3c(-c4ccc(C#N)cc4F)cccc3c2O)cc1. The fourth-order valence-corrected chi connectivity index (χ4v) is 3.17. The standard InChI is InChI=1S/C23H15FN2O/c1-14-5-8-16(9-6-14)20-13-26-22-18(3-2-4-19(22)23(20)27)17-10-7-15(12-25)11-21(17)24/h2-11,13H,1H3,(H,26,27). The van der Waals surface area contributed by atoms with Crippen molar-refractivity contribution in [1.29, 1.82) is 5.26 Å². The van der Waals surface area contributed by atoms with Gasteiger partial charge in [-0.3, -0.25) is 4.98 Å². The van der Waals surface area contributed by atoms with Crippen molar-refractivity contribution < 1.29 is 9.50 Å². The van der Waals surface area contributed by atoms with E-state index in [0.29, 0.717) is 27.6 Å². The Morgan fingerprint density at radius 1 is 0.963 bits per heavy atom. The van der Waals surface area contributed by atoms with E-state index >= 15 is 0 Å². The number of para-hydroxylation sites is 1. The molecule has 27 heavy (non-hydrogen) atoms. The molecule has 1 heterocycles. The lowest BCUT2D eigenvalue weighted by Gasteiger charge is -2.12. The highest BCUT2D eigenvalue weighted by atomic mass is 19.1. The quantitative estimate of drug-likeness (QED) is 0.510. The fraction of sp³-hybridized carbons (Fsp3) is 0.0435. The first kappa shape index (κ1) is 16.7. The van der Waals surface area contributed by atoms with Crippen LogP contribution in [0.3, 0.4) is 0 Å². The first-order valence-electron chi connectivity index (χ1n) is 8.46. The van der Waals surface area contributed by atoms with Gasteiger partial charge in [-0.25, -0.2) is 4.39 Å². The van der Waals surface area contributed by atoms with Crippen LogP contribution in [0.15, 0.2) is 66.9 Å². The zero-order valence-corrected chi connectivity index (χ0v) is 14.6. The van der Waals surface area contributed by atoms with Crippen molar-refractivity contribution in [2.75, 3.05) is 0 Å². The van der Waals surface area contributed by atoms with Crippen LogP contribution >= 0.6 is 0 Å². The highest BCUT2D eigenvalue weighted by molar-refractivity contribution is 6.00. The van der Waals surface area contributed by atoms with Gasteiger partial charge < -0.3 is 5.11 Å². The molecule has 1 N–H and O–H groups in total. The lowest BCUT2D eigenvalue weighted by molar-refractivity contribution is 0.483. The lowest BCUT2D eigenvalue weighted by atomic mass is 9.97. The summed E-state index contributed by atoms with van der Waals surface area (Å²) >= 11 is 0. The smallest absolute Gasteiger partial charge is 0.134 e. The van der Waals surface area contributed by atoms with Crippen LogP contribution < -0.4 is 0 Å². The van der Waals surface area contributed by atoms with Gasteiger partial charge in [0.05, 0.1) is 17.1 Å². The van der Waals surface area contributed by atoms with E-state index in [4.69, 9.17) is 5.26 Å². The highest BCUT2D eigenvalue weighted by Gasteiger charge is 2.15. The first-order chi connectivity index (χ1) is 13.1. The third-order valence-corrected chi connectivity index (χ3v) is 4.62. The molecule has 0 radical (unpaired) electrons. The van der Waals surface area contributed by atoms with Gasteiger partial charge in [-0.05, 0) is 30.7 Å². The van der Waals surface area contributed by atoms with Crippen molar-refractivity contribution in [2.24, 2.45) is 0 Å². The van der Waals surface area contributed by atoms with Crippen LogP contribution in [0.5, 0.6) is 5.75 Å². The number of fused-ring (bicyclic) bond motifs is 1. The Labute approximate surface area is 156 Å². The summed E-state index contributed by atoms with van der Waals surface area (Å²) in [6.45, 7) is 2.00. The lowest BCUT2D eigenvalue weighted by Crippen LogP contribution is -1.91. The van der Waals surface area contributed by atoms with Crippen LogP contribution in [-0.2, 0) is 0 Å². The molecule has 0 aliphatic heterocycles. The molecule has 0 atom stereocenters. The molecular weight excluding hydrogens is 339 g/mol. The van der Waals surface area contributed by atoms with Crippen LogP contribution in [0.4, 0.5) is 4.39 Å². The van der Waals surface area contributed by atoms with E-state index in [1.54, 1.807) is 36.5 Å². The second-order valence-electron chi connectivity index (χ2n) is 6.39. The van der Waals surface area contributed by atoms with E-state index in [0.717, 1.165) is 11.1 Å². The van der Waals surface area contributed by atoms with E-state index in [1.807, 2.05) is 37.3 Å². The van der Waals surface area contributed by atoms with Crippen LogP contribution in [-0.4, -0.2) is 10.1 Å². The van der Waals surface area contributed by atoms with Crippen LogP contribution in [0, 0.1) is 24.1 Å². The molecule has 0 saturated heterocycles. The maximum atomic E-state index is 14.5. The number of halogens is 1. The van der Waals surface area contributed by atoms with Gasteiger partial charge in [0, 0.05) is 28.3 Å². The maximum absolute atomic E-state index is 14.5. The minimum absolute atomic E-state index is 0.111. The van der Waals surface area contributed by atoms with Crippen LogP contribution in [0.1, 0.15) is 11.1 Å². The van der Waals surface area contributed by atoms with Gasteiger partial charge in [0.25, 0.3) is 0 Å². The van der Waals surface area contributed by atoms with E-state index in [1.165, 1.54) is 6.07 Å². The number of pyridine rings is 1. The van der Waals surface area contributed by atoms with Gasteiger partial charge in [-0.1, -0.05) is 48.0 Å². The van der Waals surface area contributed by atoms with Gasteiger partial charge in [-0.15, -0.1) is 0 Å². The number of benzene rings is 3. The number of hydrogen-bond acceptors (Lipinski definition) is 3. The summed E-state index contributed by atoms with van der Waals surface area (Å²) < 4.78 is 14.5. The molecule has 0 spiro atoms. The highest BCUT2D eigenvalue weighted by Crippen LogP contribution is 2.38. The summed E-state index contributed by atoms with van der Waals surface area (Å²) in [7, 11) is 0. The van der Waals surface area contributed by atoms with Crippen molar-refractivity contribution in [1.82, 2.24) is 4.98 Å². The summed E-state index contributed by atoms with van der Waals surface area (Å²) in [6, 6.07) is 19.4. The molecule has 0 aliphatic carbocycles. The molecule has 130 valence electrons. The Morgan fingerprint density at radius 2 is 1.74 bits per heavy atom. The largest absolute Gasteiger partial charge is 0.507 e. The predicted molar refractivity (Wildman–Crippen MR) is 104 cm³/mol. The number of aromatic nitrogens is 1. The average molecular weight is 354 g/mol. The average Bonchev–Trinajstić information content (AvgIpc) is 2.69. The second-order valence-corrected chi connectivity index (χ2v) is 6.39. The maximum Gasteiger partial charge on any atom is 0.134 e. The molecule has 3 nitrogen and oxygen atoms in total. The van der Waals surface area contributed by atoms with E-state index in [9.17, 15) is 9.50 Å². The minimum atomic E-state index is -0.495. The van der Waals surface area contributed by atoms with E-state index in [-0.39, 0.29) is 11.3 Å². The molecule has 0 saturated carbocycles. The number of aromatic hydroxyl groups is 1. The van der Waals surface area contributed by atoms with E-state index < -0.39 is 5.82 Å². The molecule has 4 rings (SSSR count). The van der Waals surface area contributed by atoms with Gasteiger partial charge in [0.15, 0.2) is 0 Å². The summed E-state index contributed by atoms with van der Waals surface area (Å²) in [5.74, 6) is -0.384.